The second-order valence-electron chi connectivity index (χ2n) is 6.71. The number of rotatable bonds is 4. The normalized spacial score (nSPS) is 19.3. The molecule has 0 atom stereocenters. The lowest BCUT2D eigenvalue weighted by Gasteiger charge is -2.32. The number of piperidine rings is 1. The highest BCUT2D eigenvalue weighted by molar-refractivity contribution is 8.08. The largest absolute Gasteiger partial charge is 0.465 e. The molecule has 0 bridgehead atoms. The van der Waals surface area contributed by atoms with Crippen LogP contribution in [0.5, 0.6) is 0 Å². The summed E-state index contributed by atoms with van der Waals surface area (Å²) in [6, 6.07) is 6.21. The molecule has 1 aromatic rings. The third-order valence-corrected chi connectivity index (χ3v) is 6.43. The minimum atomic E-state index is -4.06. The number of carbonyl (C=O) groups is 2. The zero-order valence-electron chi connectivity index (χ0n) is 15.4. The average Bonchev–Trinajstić information content (AvgIpc) is 2.64. The van der Waals surface area contributed by atoms with Gasteiger partial charge >= 0.3 is 5.97 Å². The fraction of sp³-hybridized carbons (Fsp3) is 0.500. The van der Waals surface area contributed by atoms with Crippen molar-refractivity contribution in [2.45, 2.75) is 31.6 Å². The molecule has 0 unspecified atom stereocenters. The first-order valence-corrected chi connectivity index (χ1v) is 10.5. The van der Waals surface area contributed by atoms with Crippen LogP contribution in [-0.4, -0.2) is 56.5 Å². The minimum absolute atomic E-state index is 0.0296. The summed E-state index contributed by atoms with van der Waals surface area (Å²) in [5.74, 6) is -0.667. The number of benzene rings is 1. The van der Waals surface area contributed by atoms with Crippen LogP contribution in [-0.2, 0) is 24.2 Å². The Bertz CT molecular complexity index is 873. The number of ether oxygens (including phenoxy) is 1. The first-order valence-electron chi connectivity index (χ1n) is 8.99. The van der Waals surface area contributed by atoms with E-state index in [2.05, 4.69) is 12.0 Å². The Hall–Kier alpha value is -2.42. The van der Waals surface area contributed by atoms with E-state index >= 15 is 0 Å². The van der Waals surface area contributed by atoms with Crippen molar-refractivity contribution in [1.29, 1.82) is 0 Å². The van der Waals surface area contributed by atoms with E-state index in [9.17, 15) is 18.0 Å². The van der Waals surface area contributed by atoms with E-state index in [4.69, 9.17) is 4.74 Å². The van der Waals surface area contributed by atoms with Crippen molar-refractivity contribution in [2.75, 3.05) is 31.3 Å². The summed E-state index contributed by atoms with van der Waals surface area (Å²) in [6.07, 6.45) is 1.64. The highest BCUT2D eigenvalue weighted by Crippen LogP contribution is 2.32. The Labute approximate surface area is 158 Å². The zero-order chi connectivity index (χ0) is 19.6. The van der Waals surface area contributed by atoms with E-state index in [1.807, 2.05) is 0 Å². The van der Waals surface area contributed by atoms with Gasteiger partial charge in [-0.15, -0.1) is 0 Å². The van der Waals surface area contributed by atoms with Crippen LogP contribution >= 0.6 is 0 Å². The lowest BCUT2D eigenvalue weighted by Crippen LogP contribution is -2.46. The third-order valence-electron chi connectivity index (χ3n) is 4.74. The van der Waals surface area contributed by atoms with Gasteiger partial charge < -0.3 is 9.64 Å². The number of likely N-dealkylation sites (tertiary alicyclic amines) is 1. The second-order valence-corrected chi connectivity index (χ2v) is 8.55. The Balaban J connectivity index is 1.97. The SMILES string of the molecule is CCOC(=O)CN1N=C(C(=O)N2CCC(C)CC2)S(=O)(=O)c2ccccc21. The molecule has 0 spiro atoms. The van der Waals surface area contributed by atoms with Crippen LogP contribution in [0.25, 0.3) is 0 Å². The molecule has 9 heteroatoms. The molecule has 2 heterocycles. The number of anilines is 1. The fourth-order valence-electron chi connectivity index (χ4n) is 3.17. The molecule has 8 nitrogen and oxygen atoms in total. The molecule has 1 aromatic carbocycles. The number of hydrazone groups is 1. The van der Waals surface area contributed by atoms with Crippen LogP contribution in [0.2, 0.25) is 0 Å². The van der Waals surface area contributed by atoms with E-state index in [-0.39, 0.29) is 23.7 Å². The number of esters is 1. The van der Waals surface area contributed by atoms with Crippen molar-refractivity contribution >= 4 is 32.4 Å². The number of para-hydroxylation sites is 1. The fourth-order valence-corrected chi connectivity index (χ4v) is 4.65. The maximum atomic E-state index is 13.0. The van der Waals surface area contributed by atoms with Gasteiger partial charge in [-0.05, 0) is 37.8 Å². The van der Waals surface area contributed by atoms with E-state index in [0.29, 0.717) is 19.0 Å². The first-order chi connectivity index (χ1) is 12.8. The molecule has 1 fully saturated rings. The van der Waals surface area contributed by atoms with Crippen molar-refractivity contribution < 1.29 is 22.7 Å². The van der Waals surface area contributed by atoms with Gasteiger partial charge in [-0.1, -0.05) is 19.1 Å². The maximum Gasteiger partial charge on any atom is 0.327 e. The third kappa shape index (κ3) is 3.83. The smallest absolute Gasteiger partial charge is 0.327 e. The Morgan fingerprint density at radius 3 is 2.56 bits per heavy atom. The molecular formula is C18H23N3O5S. The number of sulfone groups is 1. The number of carbonyl (C=O) groups excluding carboxylic acids is 2. The summed E-state index contributed by atoms with van der Waals surface area (Å²) in [5, 5.41) is 4.75. The molecule has 0 saturated carbocycles. The van der Waals surface area contributed by atoms with Gasteiger partial charge in [0.1, 0.15) is 6.54 Å². The van der Waals surface area contributed by atoms with Crippen LogP contribution in [0.3, 0.4) is 0 Å². The lowest BCUT2D eigenvalue weighted by molar-refractivity contribution is -0.141. The van der Waals surface area contributed by atoms with Crippen molar-refractivity contribution in [3.05, 3.63) is 24.3 Å². The molecule has 1 amide bonds. The van der Waals surface area contributed by atoms with Crippen LogP contribution in [0.1, 0.15) is 26.7 Å². The highest BCUT2D eigenvalue weighted by atomic mass is 32.2. The van der Waals surface area contributed by atoms with Gasteiger partial charge in [-0.2, -0.15) is 5.10 Å². The molecule has 1 saturated heterocycles. The lowest BCUT2D eigenvalue weighted by atomic mass is 9.99. The zero-order valence-corrected chi connectivity index (χ0v) is 16.2. The number of amides is 1. The van der Waals surface area contributed by atoms with E-state index in [0.717, 1.165) is 12.8 Å². The van der Waals surface area contributed by atoms with Crippen molar-refractivity contribution in [3.8, 4) is 0 Å². The van der Waals surface area contributed by atoms with Gasteiger partial charge in [0.15, 0.2) is 0 Å². The van der Waals surface area contributed by atoms with Gasteiger partial charge in [0.25, 0.3) is 5.91 Å². The quantitative estimate of drug-likeness (QED) is 0.718. The first kappa shape index (κ1) is 19.3. The van der Waals surface area contributed by atoms with Gasteiger partial charge in [-0.25, -0.2) is 8.42 Å². The Morgan fingerprint density at radius 2 is 1.89 bits per heavy atom. The Kier molecular flexibility index (Phi) is 5.50. The van der Waals surface area contributed by atoms with E-state index in [1.54, 1.807) is 25.1 Å². The van der Waals surface area contributed by atoms with Crippen molar-refractivity contribution in [2.24, 2.45) is 11.0 Å². The molecule has 0 N–H and O–H groups in total. The summed E-state index contributed by atoms with van der Waals surface area (Å²) in [5.41, 5.74) is 0.259. The number of nitrogens with zero attached hydrogens (tertiary/aromatic N) is 3. The topological polar surface area (TPSA) is 96.3 Å². The van der Waals surface area contributed by atoms with Crippen LogP contribution in [0, 0.1) is 5.92 Å². The molecule has 0 aliphatic carbocycles. The van der Waals surface area contributed by atoms with Crippen LogP contribution < -0.4 is 5.01 Å². The molecular weight excluding hydrogens is 370 g/mol. The van der Waals surface area contributed by atoms with E-state index < -0.39 is 26.8 Å². The van der Waals surface area contributed by atoms with Gasteiger partial charge in [0.2, 0.25) is 14.9 Å². The highest BCUT2D eigenvalue weighted by Gasteiger charge is 2.40. The standard InChI is InChI=1S/C18H23N3O5S/c1-3-26-16(22)12-21-14-6-4-5-7-15(14)27(24,25)17(19-21)18(23)20-10-8-13(2)9-11-20/h4-7,13H,3,8-12H2,1-2H3. The minimum Gasteiger partial charge on any atom is -0.465 e. The van der Waals surface area contributed by atoms with Crippen molar-refractivity contribution in [3.63, 3.8) is 0 Å². The molecule has 2 aliphatic rings. The summed E-state index contributed by atoms with van der Waals surface area (Å²) in [7, 11) is -4.06. The summed E-state index contributed by atoms with van der Waals surface area (Å²) in [4.78, 5) is 26.3. The second kappa shape index (κ2) is 7.67. The monoisotopic (exact) mass is 393 g/mol. The summed E-state index contributed by atoms with van der Waals surface area (Å²) in [6.45, 7) is 4.71. The predicted molar refractivity (Wildman–Crippen MR) is 100 cm³/mol. The molecule has 146 valence electrons. The van der Waals surface area contributed by atoms with Gasteiger partial charge in [0, 0.05) is 13.1 Å². The maximum absolute atomic E-state index is 13.0. The predicted octanol–water partition coefficient (Wildman–Crippen LogP) is 1.42. The summed E-state index contributed by atoms with van der Waals surface area (Å²) < 4.78 is 30.9. The number of fused-ring (bicyclic) bond motifs is 1. The molecule has 0 radical (unpaired) electrons. The molecule has 3 rings (SSSR count). The molecule has 27 heavy (non-hydrogen) atoms. The van der Waals surface area contributed by atoms with Crippen molar-refractivity contribution in [1.82, 2.24) is 4.90 Å². The summed E-state index contributed by atoms with van der Waals surface area (Å²) >= 11 is 0. The molecule has 0 aromatic heterocycles. The Morgan fingerprint density at radius 1 is 1.22 bits per heavy atom. The average molecular weight is 393 g/mol. The number of hydrogen-bond acceptors (Lipinski definition) is 7. The van der Waals surface area contributed by atoms with E-state index in [1.165, 1.54) is 16.0 Å². The van der Waals surface area contributed by atoms with Gasteiger partial charge in [-0.3, -0.25) is 14.6 Å². The van der Waals surface area contributed by atoms with Crippen LogP contribution in [0.15, 0.2) is 34.3 Å². The number of hydrogen-bond donors (Lipinski definition) is 0. The van der Waals surface area contributed by atoms with Gasteiger partial charge in [0.05, 0.1) is 17.2 Å². The van der Waals surface area contributed by atoms with Crippen LogP contribution in [0.4, 0.5) is 5.69 Å². The molecule has 2 aliphatic heterocycles.